The molecule has 0 fully saturated rings. The summed E-state index contributed by atoms with van der Waals surface area (Å²) in [5.41, 5.74) is 0.754. The van der Waals surface area contributed by atoms with Crippen LogP contribution < -0.4 is 5.32 Å². The molecule has 0 atom stereocenters. The van der Waals surface area contributed by atoms with Crippen molar-refractivity contribution in [2.24, 2.45) is 0 Å². The number of hydrogen-bond donors (Lipinski definition) is 2. The molecular weight excluding hydrogens is 254 g/mol. The number of hydrogen-bond acceptors (Lipinski definition) is 4. The predicted octanol–water partition coefficient (Wildman–Crippen LogP) is 1.89. The monoisotopic (exact) mass is 261 g/mol. The SMILES string of the molecule is Cc1nc(C(=O)Nc2ccc(Cl)c(C#N)c2)n[nH]1. The molecule has 0 bridgehead atoms. The number of benzene rings is 1. The van der Waals surface area contributed by atoms with E-state index in [1.165, 1.54) is 6.07 Å². The Morgan fingerprint density at radius 3 is 2.94 bits per heavy atom. The van der Waals surface area contributed by atoms with Gasteiger partial charge >= 0.3 is 0 Å². The van der Waals surface area contributed by atoms with Crippen molar-refractivity contribution in [3.63, 3.8) is 0 Å². The van der Waals surface area contributed by atoms with E-state index in [2.05, 4.69) is 20.5 Å². The number of nitriles is 1. The van der Waals surface area contributed by atoms with Crippen molar-refractivity contribution in [1.82, 2.24) is 15.2 Å². The van der Waals surface area contributed by atoms with Gasteiger partial charge in [-0.3, -0.25) is 9.89 Å². The first kappa shape index (κ1) is 12.1. The highest BCUT2D eigenvalue weighted by molar-refractivity contribution is 6.31. The van der Waals surface area contributed by atoms with E-state index in [0.29, 0.717) is 22.1 Å². The van der Waals surface area contributed by atoms with Crippen LogP contribution in [-0.4, -0.2) is 21.1 Å². The smallest absolute Gasteiger partial charge is 0.295 e. The summed E-state index contributed by atoms with van der Waals surface area (Å²) in [5.74, 6) is 0.139. The van der Waals surface area contributed by atoms with Crippen LogP contribution in [0.3, 0.4) is 0 Å². The molecule has 0 radical (unpaired) electrons. The van der Waals surface area contributed by atoms with E-state index in [4.69, 9.17) is 16.9 Å². The fourth-order valence-corrected chi connectivity index (χ4v) is 1.48. The summed E-state index contributed by atoms with van der Waals surface area (Å²) in [7, 11) is 0. The van der Waals surface area contributed by atoms with Gasteiger partial charge in [-0.1, -0.05) is 11.6 Å². The Bertz CT molecular complexity index is 643. The first-order valence-electron chi connectivity index (χ1n) is 5.00. The Morgan fingerprint density at radius 1 is 1.56 bits per heavy atom. The summed E-state index contributed by atoms with van der Waals surface area (Å²) in [6, 6.07) is 6.56. The van der Waals surface area contributed by atoms with Crippen LogP contribution in [0.15, 0.2) is 18.2 Å². The molecule has 7 heteroatoms. The van der Waals surface area contributed by atoms with Crippen molar-refractivity contribution in [3.05, 3.63) is 40.4 Å². The van der Waals surface area contributed by atoms with E-state index in [9.17, 15) is 4.79 Å². The zero-order chi connectivity index (χ0) is 13.1. The fourth-order valence-electron chi connectivity index (χ4n) is 1.32. The average Bonchev–Trinajstić information content (AvgIpc) is 2.78. The maximum atomic E-state index is 11.7. The molecule has 18 heavy (non-hydrogen) atoms. The third-order valence-corrected chi connectivity index (χ3v) is 2.47. The van der Waals surface area contributed by atoms with Gasteiger partial charge in [0, 0.05) is 5.69 Å². The minimum Gasteiger partial charge on any atom is -0.319 e. The quantitative estimate of drug-likeness (QED) is 0.863. The summed E-state index contributed by atoms with van der Waals surface area (Å²) in [4.78, 5) is 15.6. The van der Waals surface area contributed by atoms with Gasteiger partial charge < -0.3 is 5.32 Å². The van der Waals surface area contributed by atoms with Crippen LogP contribution in [0.2, 0.25) is 5.02 Å². The highest BCUT2D eigenvalue weighted by atomic mass is 35.5. The van der Waals surface area contributed by atoms with Gasteiger partial charge in [0.1, 0.15) is 11.9 Å². The van der Waals surface area contributed by atoms with Crippen LogP contribution in [0.5, 0.6) is 0 Å². The molecule has 0 saturated carbocycles. The molecule has 1 aromatic carbocycles. The van der Waals surface area contributed by atoms with Crippen LogP contribution in [0.4, 0.5) is 5.69 Å². The van der Waals surface area contributed by atoms with Crippen molar-refractivity contribution < 1.29 is 4.79 Å². The molecule has 0 saturated heterocycles. The predicted molar refractivity (Wildman–Crippen MR) is 65.2 cm³/mol. The van der Waals surface area contributed by atoms with Gasteiger partial charge in [-0.15, -0.1) is 5.10 Å². The summed E-state index contributed by atoms with van der Waals surface area (Å²) < 4.78 is 0. The van der Waals surface area contributed by atoms with Crippen molar-refractivity contribution >= 4 is 23.2 Å². The molecule has 1 aromatic heterocycles. The Labute approximate surface area is 108 Å². The van der Waals surface area contributed by atoms with E-state index in [1.54, 1.807) is 19.1 Å². The third kappa shape index (κ3) is 2.47. The Kier molecular flexibility index (Phi) is 3.26. The van der Waals surface area contributed by atoms with Gasteiger partial charge in [-0.05, 0) is 25.1 Å². The molecule has 1 amide bonds. The highest BCUT2D eigenvalue weighted by Gasteiger charge is 2.12. The zero-order valence-corrected chi connectivity index (χ0v) is 10.1. The van der Waals surface area contributed by atoms with Gasteiger partial charge in [0.2, 0.25) is 5.82 Å². The maximum absolute atomic E-state index is 11.7. The normalized spacial score (nSPS) is 9.83. The molecule has 90 valence electrons. The average molecular weight is 262 g/mol. The topological polar surface area (TPSA) is 94.5 Å². The van der Waals surface area contributed by atoms with Gasteiger partial charge in [-0.25, -0.2) is 4.98 Å². The first-order chi connectivity index (χ1) is 8.60. The van der Waals surface area contributed by atoms with Crippen molar-refractivity contribution in [2.45, 2.75) is 6.92 Å². The number of anilines is 1. The van der Waals surface area contributed by atoms with E-state index in [-0.39, 0.29) is 5.82 Å². The molecule has 0 aliphatic rings. The van der Waals surface area contributed by atoms with Crippen LogP contribution in [0.25, 0.3) is 0 Å². The van der Waals surface area contributed by atoms with Crippen molar-refractivity contribution in [2.75, 3.05) is 5.32 Å². The Hall–Kier alpha value is -2.39. The van der Waals surface area contributed by atoms with E-state index < -0.39 is 5.91 Å². The van der Waals surface area contributed by atoms with Crippen LogP contribution in [0, 0.1) is 18.3 Å². The van der Waals surface area contributed by atoms with Gasteiger partial charge in [0.05, 0.1) is 10.6 Å². The molecule has 0 aliphatic carbocycles. The molecule has 0 spiro atoms. The van der Waals surface area contributed by atoms with Crippen LogP contribution in [0.1, 0.15) is 22.0 Å². The minimum atomic E-state index is -0.453. The number of halogens is 1. The van der Waals surface area contributed by atoms with Crippen molar-refractivity contribution in [3.8, 4) is 6.07 Å². The number of H-pyrrole nitrogens is 1. The lowest BCUT2D eigenvalue weighted by atomic mass is 10.2. The Balaban J connectivity index is 2.20. The second-order valence-corrected chi connectivity index (χ2v) is 3.91. The third-order valence-electron chi connectivity index (χ3n) is 2.14. The minimum absolute atomic E-state index is 0.0426. The summed E-state index contributed by atoms with van der Waals surface area (Å²) in [6.45, 7) is 1.69. The number of aromatic amines is 1. The molecule has 2 N–H and O–H groups in total. The second-order valence-electron chi connectivity index (χ2n) is 3.50. The molecule has 2 aromatic rings. The van der Waals surface area contributed by atoms with E-state index in [1.807, 2.05) is 6.07 Å². The van der Waals surface area contributed by atoms with Crippen LogP contribution >= 0.6 is 11.6 Å². The summed E-state index contributed by atoms with van der Waals surface area (Å²) in [5, 5.41) is 18.0. The number of rotatable bonds is 2. The molecule has 2 rings (SSSR count). The van der Waals surface area contributed by atoms with E-state index >= 15 is 0 Å². The zero-order valence-electron chi connectivity index (χ0n) is 9.36. The molecule has 0 aliphatic heterocycles. The van der Waals surface area contributed by atoms with Crippen LogP contribution in [-0.2, 0) is 0 Å². The highest BCUT2D eigenvalue weighted by Crippen LogP contribution is 2.19. The maximum Gasteiger partial charge on any atom is 0.295 e. The fraction of sp³-hybridized carbons (Fsp3) is 0.0909. The number of aromatic nitrogens is 3. The number of amides is 1. The number of nitrogens with one attached hydrogen (secondary N) is 2. The van der Waals surface area contributed by atoms with Gasteiger partial charge in [0.15, 0.2) is 0 Å². The number of carbonyl (C=O) groups excluding carboxylic acids is 1. The van der Waals surface area contributed by atoms with Gasteiger partial charge in [-0.2, -0.15) is 5.26 Å². The first-order valence-corrected chi connectivity index (χ1v) is 5.38. The summed E-state index contributed by atoms with van der Waals surface area (Å²) >= 11 is 5.79. The lowest BCUT2D eigenvalue weighted by Crippen LogP contribution is -2.13. The summed E-state index contributed by atoms with van der Waals surface area (Å²) in [6.07, 6.45) is 0. The lowest BCUT2D eigenvalue weighted by Gasteiger charge is -2.03. The van der Waals surface area contributed by atoms with Crippen molar-refractivity contribution in [1.29, 1.82) is 5.26 Å². The largest absolute Gasteiger partial charge is 0.319 e. The number of nitrogens with zero attached hydrogens (tertiary/aromatic N) is 3. The number of carbonyl (C=O) groups is 1. The molecule has 6 nitrogen and oxygen atoms in total. The second kappa shape index (κ2) is 4.85. The van der Waals surface area contributed by atoms with E-state index in [0.717, 1.165) is 0 Å². The number of aryl methyl sites for hydroxylation is 1. The molecule has 1 heterocycles. The van der Waals surface area contributed by atoms with Gasteiger partial charge in [0.25, 0.3) is 5.91 Å². The molecule has 0 unspecified atom stereocenters. The molecular formula is C11H8ClN5O. The Morgan fingerprint density at radius 2 is 2.33 bits per heavy atom. The lowest BCUT2D eigenvalue weighted by molar-refractivity contribution is 0.101. The standard InChI is InChI=1S/C11H8ClN5O/c1-6-14-10(17-16-6)11(18)15-8-2-3-9(12)7(4-8)5-13/h2-4H,1H3,(H,15,18)(H,14,16,17).